The van der Waals surface area contributed by atoms with Gasteiger partial charge in [-0.25, -0.2) is 10.0 Å². The van der Waals surface area contributed by atoms with Crippen molar-refractivity contribution >= 4 is 0 Å². The molecule has 3 heteroatoms. The molecule has 0 radical (unpaired) electrons. The van der Waals surface area contributed by atoms with Gasteiger partial charge in [-0.2, -0.15) is 0 Å². The van der Waals surface area contributed by atoms with Gasteiger partial charge in [-0.15, -0.1) is 0 Å². The smallest absolute Gasteiger partial charge is 0.109 e. The average molecular weight is 151 g/mol. The molecule has 60 valence electrons. The van der Waals surface area contributed by atoms with Gasteiger partial charge in [0.15, 0.2) is 0 Å². The van der Waals surface area contributed by atoms with Crippen LogP contribution in [0.3, 0.4) is 0 Å². The second-order valence-electron chi connectivity index (χ2n) is 4.46. The van der Waals surface area contributed by atoms with Crippen LogP contribution in [0.2, 0.25) is 0 Å². The Balaban J connectivity index is 1.74. The quantitative estimate of drug-likeness (QED) is 0.502. The Morgan fingerprint density at radius 3 is 2.00 bits per heavy atom. The molecule has 4 aliphatic rings. The zero-order chi connectivity index (χ0) is 7.10. The molecular formula is C8H13N3. The minimum Gasteiger partial charge on any atom is -0.289 e. The summed E-state index contributed by atoms with van der Waals surface area (Å²) in [4.78, 5) is 0. The number of rotatable bonds is 0. The Labute approximate surface area is 66.3 Å². The molecule has 4 rings (SSSR count). The van der Waals surface area contributed by atoms with Gasteiger partial charge in [0, 0.05) is 5.41 Å². The number of fused-ring (bicyclic) bond motifs is 4. The second-order valence-corrected chi connectivity index (χ2v) is 4.46. The molecular weight excluding hydrogens is 138 g/mol. The monoisotopic (exact) mass is 151 g/mol. The van der Waals surface area contributed by atoms with Crippen LogP contribution in [0, 0.1) is 5.41 Å². The standard InChI is InChI=1S/C8H13N3/c1-2-7(1)3-4-8(7)10-5-9-6-11(8)10/h9H,1-6H2. The van der Waals surface area contributed by atoms with Crippen LogP contribution in [-0.4, -0.2) is 29.0 Å². The van der Waals surface area contributed by atoms with E-state index in [-0.39, 0.29) is 0 Å². The Bertz CT molecular complexity index is 223. The van der Waals surface area contributed by atoms with Gasteiger partial charge in [-0.1, -0.05) is 0 Å². The fourth-order valence-electron chi connectivity index (χ4n) is 3.35. The lowest BCUT2D eigenvalue weighted by molar-refractivity contribution is 0.106. The first-order chi connectivity index (χ1) is 5.39. The van der Waals surface area contributed by atoms with Crippen molar-refractivity contribution in [2.24, 2.45) is 5.41 Å². The number of nitrogens with one attached hydrogen (secondary N) is 1. The minimum atomic E-state index is 0.595. The van der Waals surface area contributed by atoms with E-state index in [9.17, 15) is 0 Å². The van der Waals surface area contributed by atoms with Crippen molar-refractivity contribution in [3.8, 4) is 0 Å². The highest BCUT2D eigenvalue weighted by Gasteiger charge is 2.81. The van der Waals surface area contributed by atoms with Crippen LogP contribution in [0.5, 0.6) is 0 Å². The van der Waals surface area contributed by atoms with E-state index in [4.69, 9.17) is 0 Å². The third-order valence-electron chi connectivity index (χ3n) is 4.28. The average Bonchev–Trinajstić information content (AvgIpc) is 2.88. The maximum Gasteiger partial charge on any atom is 0.109 e. The van der Waals surface area contributed by atoms with Gasteiger partial charge >= 0.3 is 0 Å². The molecule has 2 aliphatic heterocycles. The molecule has 1 N–H and O–H groups in total. The predicted molar refractivity (Wildman–Crippen MR) is 40.2 cm³/mol. The van der Waals surface area contributed by atoms with Crippen LogP contribution < -0.4 is 5.32 Å². The number of nitrogens with zero attached hydrogens (tertiary/aromatic N) is 2. The van der Waals surface area contributed by atoms with Crippen LogP contribution >= 0.6 is 0 Å². The number of hydrazine groups is 1. The molecule has 2 unspecified atom stereocenters. The lowest BCUT2D eigenvalue weighted by Gasteiger charge is -2.38. The van der Waals surface area contributed by atoms with Crippen LogP contribution in [-0.2, 0) is 0 Å². The van der Waals surface area contributed by atoms with Gasteiger partial charge in [-0.3, -0.25) is 5.32 Å². The maximum atomic E-state index is 3.36. The number of hydrogen-bond donors (Lipinski definition) is 1. The molecule has 2 heterocycles. The van der Waals surface area contributed by atoms with Crippen LogP contribution in [0.25, 0.3) is 0 Å². The summed E-state index contributed by atoms with van der Waals surface area (Å²) < 4.78 is 0. The molecule has 3 nitrogen and oxygen atoms in total. The van der Waals surface area contributed by atoms with E-state index in [2.05, 4.69) is 15.3 Å². The van der Waals surface area contributed by atoms with Gasteiger partial charge in [0.1, 0.15) is 5.66 Å². The fraction of sp³-hybridized carbons (Fsp3) is 1.00. The fourth-order valence-corrected chi connectivity index (χ4v) is 3.35. The van der Waals surface area contributed by atoms with Crippen molar-refractivity contribution in [1.82, 2.24) is 15.3 Å². The SMILES string of the molecule is C1NCN2N1C21CCC12CC2. The van der Waals surface area contributed by atoms with E-state index in [1.807, 2.05) is 0 Å². The molecule has 0 aromatic carbocycles. The van der Waals surface area contributed by atoms with E-state index in [0.717, 1.165) is 18.8 Å². The summed E-state index contributed by atoms with van der Waals surface area (Å²) in [7, 11) is 0. The van der Waals surface area contributed by atoms with E-state index in [1.165, 1.54) is 25.7 Å². The molecule has 2 saturated heterocycles. The van der Waals surface area contributed by atoms with Gasteiger partial charge in [-0.05, 0) is 25.7 Å². The zero-order valence-corrected chi connectivity index (χ0v) is 6.64. The lowest BCUT2D eigenvalue weighted by Crippen LogP contribution is -2.47. The largest absolute Gasteiger partial charge is 0.289 e. The summed E-state index contributed by atoms with van der Waals surface area (Å²) >= 11 is 0. The van der Waals surface area contributed by atoms with Crippen molar-refractivity contribution in [3.63, 3.8) is 0 Å². The summed E-state index contributed by atoms with van der Waals surface area (Å²) in [5.41, 5.74) is 1.38. The molecule has 2 spiro atoms. The highest BCUT2D eigenvalue weighted by molar-refractivity contribution is 5.26. The van der Waals surface area contributed by atoms with Gasteiger partial charge in [0.2, 0.25) is 0 Å². The van der Waals surface area contributed by atoms with Gasteiger partial charge < -0.3 is 0 Å². The van der Waals surface area contributed by atoms with Crippen LogP contribution in [0.1, 0.15) is 25.7 Å². The van der Waals surface area contributed by atoms with Crippen molar-refractivity contribution in [1.29, 1.82) is 0 Å². The summed E-state index contributed by atoms with van der Waals surface area (Å²) in [6, 6.07) is 0. The van der Waals surface area contributed by atoms with Crippen LogP contribution in [0.15, 0.2) is 0 Å². The predicted octanol–water partition coefficient (Wildman–Crippen LogP) is 0.307. The molecule has 0 aromatic rings. The van der Waals surface area contributed by atoms with Gasteiger partial charge in [0.25, 0.3) is 0 Å². The minimum absolute atomic E-state index is 0.595. The van der Waals surface area contributed by atoms with Crippen molar-refractivity contribution < 1.29 is 0 Å². The highest BCUT2D eigenvalue weighted by Crippen LogP contribution is 2.76. The topological polar surface area (TPSA) is 18.0 Å². The zero-order valence-electron chi connectivity index (χ0n) is 6.64. The Kier molecular flexibility index (Phi) is 0.631. The summed E-state index contributed by atoms with van der Waals surface area (Å²) in [5.74, 6) is 0. The van der Waals surface area contributed by atoms with E-state index < -0.39 is 0 Å². The number of hydrogen-bond acceptors (Lipinski definition) is 3. The third-order valence-corrected chi connectivity index (χ3v) is 4.28. The van der Waals surface area contributed by atoms with Crippen molar-refractivity contribution in [3.05, 3.63) is 0 Å². The molecule has 0 bridgehead atoms. The summed E-state index contributed by atoms with van der Waals surface area (Å²) in [6.45, 7) is 2.23. The first-order valence-corrected chi connectivity index (χ1v) is 4.65. The van der Waals surface area contributed by atoms with E-state index >= 15 is 0 Å². The van der Waals surface area contributed by atoms with Crippen molar-refractivity contribution in [2.45, 2.75) is 31.3 Å². The first-order valence-electron chi connectivity index (χ1n) is 4.65. The van der Waals surface area contributed by atoms with Crippen LogP contribution in [0.4, 0.5) is 0 Å². The van der Waals surface area contributed by atoms with Gasteiger partial charge in [0.05, 0.1) is 13.3 Å². The summed E-state index contributed by atoms with van der Waals surface area (Å²) in [6.07, 6.45) is 5.94. The lowest BCUT2D eigenvalue weighted by atomic mass is 9.72. The second kappa shape index (κ2) is 1.26. The summed E-state index contributed by atoms with van der Waals surface area (Å²) in [5, 5.41) is 8.45. The molecule has 2 aliphatic carbocycles. The Hall–Kier alpha value is -0.120. The molecule has 0 amide bonds. The molecule has 0 aromatic heterocycles. The molecule has 2 atom stereocenters. The third kappa shape index (κ3) is 0.367. The maximum absolute atomic E-state index is 3.36. The molecule has 2 saturated carbocycles. The van der Waals surface area contributed by atoms with E-state index in [0.29, 0.717) is 5.66 Å². The normalized spacial score (nSPS) is 61.1. The molecule has 11 heavy (non-hydrogen) atoms. The van der Waals surface area contributed by atoms with Crippen molar-refractivity contribution in [2.75, 3.05) is 13.3 Å². The first kappa shape index (κ1) is 5.51. The Morgan fingerprint density at radius 2 is 1.55 bits per heavy atom. The van der Waals surface area contributed by atoms with E-state index in [1.54, 1.807) is 0 Å². The Morgan fingerprint density at radius 1 is 0.909 bits per heavy atom. The molecule has 4 fully saturated rings. The highest BCUT2D eigenvalue weighted by atomic mass is 16.0.